The summed E-state index contributed by atoms with van der Waals surface area (Å²) in [4.78, 5) is 21.2. The molecule has 28 heavy (non-hydrogen) atoms. The van der Waals surface area contributed by atoms with E-state index in [2.05, 4.69) is 27.2 Å². The number of benzene rings is 1. The van der Waals surface area contributed by atoms with Crippen LogP contribution in [0.5, 0.6) is 5.75 Å². The number of rotatable bonds is 5. The zero-order valence-electron chi connectivity index (χ0n) is 17.0. The zero-order valence-corrected chi connectivity index (χ0v) is 17.0. The van der Waals surface area contributed by atoms with E-state index in [1.807, 2.05) is 30.9 Å². The molecule has 1 aromatic heterocycles. The third kappa shape index (κ3) is 3.51. The molecule has 0 spiro atoms. The van der Waals surface area contributed by atoms with Gasteiger partial charge in [-0.15, -0.1) is 0 Å². The van der Waals surface area contributed by atoms with Crippen LogP contribution in [0.1, 0.15) is 50.0 Å². The van der Waals surface area contributed by atoms with E-state index in [1.165, 1.54) is 5.56 Å². The quantitative estimate of drug-likeness (QED) is 0.789. The van der Waals surface area contributed by atoms with E-state index in [0.717, 1.165) is 31.2 Å². The van der Waals surface area contributed by atoms with Crippen LogP contribution in [0, 0.1) is 11.8 Å². The average Bonchev–Trinajstić information content (AvgIpc) is 3.36. The van der Waals surface area contributed by atoms with Crippen LogP contribution in [0.4, 0.5) is 0 Å². The predicted molar refractivity (Wildman–Crippen MR) is 104 cm³/mol. The Kier molecular flexibility index (Phi) is 5.10. The molecule has 0 unspecified atom stereocenters. The van der Waals surface area contributed by atoms with Crippen molar-refractivity contribution in [1.29, 1.82) is 0 Å². The maximum atomic E-state index is 12.3. The van der Waals surface area contributed by atoms with Crippen LogP contribution in [0.3, 0.4) is 0 Å². The smallest absolute Gasteiger partial charge is 0.229 e. The number of fused-ring (bicyclic) bond motifs is 1. The first-order valence-electron chi connectivity index (χ1n) is 9.92. The van der Waals surface area contributed by atoms with Gasteiger partial charge in [-0.1, -0.05) is 31.1 Å². The lowest BCUT2D eigenvalue weighted by molar-refractivity contribution is -0.130. The van der Waals surface area contributed by atoms with Crippen LogP contribution in [-0.2, 0) is 11.3 Å². The van der Waals surface area contributed by atoms with Gasteiger partial charge in [0, 0.05) is 38.4 Å². The molecule has 2 fully saturated rings. The molecule has 7 heteroatoms. The number of ether oxygens (including phenoxy) is 1. The molecule has 0 saturated carbocycles. The van der Waals surface area contributed by atoms with E-state index >= 15 is 0 Å². The molecule has 0 N–H and O–H groups in total. The van der Waals surface area contributed by atoms with E-state index in [-0.39, 0.29) is 17.9 Å². The number of methoxy groups -OCH3 is 1. The van der Waals surface area contributed by atoms with Crippen LogP contribution in [0.2, 0.25) is 0 Å². The molecule has 2 saturated heterocycles. The SMILES string of the molecule is COc1ccc([C@H]2[C@@H]3CN(Cc4noc(C(C)C)n4)C[C@@H]3CN2C(C)=O)cc1. The number of hydrogen-bond acceptors (Lipinski definition) is 6. The summed E-state index contributed by atoms with van der Waals surface area (Å²) in [5, 5.41) is 4.13. The highest BCUT2D eigenvalue weighted by molar-refractivity contribution is 5.74. The molecule has 0 bridgehead atoms. The first-order valence-corrected chi connectivity index (χ1v) is 9.92. The summed E-state index contributed by atoms with van der Waals surface area (Å²) in [6, 6.07) is 8.22. The van der Waals surface area contributed by atoms with E-state index in [4.69, 9.17) is 9.26 Å². The summed E-state index contributed by atoms with van der Waals surface area (Å²) in [6.07, 6.45) is 0. The van der Waals surface area contributed by atoms with E-state index in [1.54, 1.807) is 14.0 Å². The monoisotopic (exact) mass is 384 g/mol. The second-order valence-corrected chi connectivity index (χ2v) is 8.21. The van der Waals surface area contributed by atoms with Crippen molar-refractivity contribution < 1.29 is 14.1 Å². The van der Waals surface area contributed by atoms with Gasteiger partial charge in [0.1, 0.15) is 5.75 Å². The van der Waals surface area contributed by atoms with Gasteiger partial charge >= 0.3 is 0 Å². The number of likely N-dealkylation sites (tertiary alicyclic amines) is 2. The second-order valence-electron chi connectivity index (χ2n) is 8.21. The van der Waals surface area contributed by atoms with Gasteiger partial charge in [-0.2, -0.15) is 4.98 Å². The summed E-state index contributed by atoms with van der Waals surface area (Å²) in [6.45, 7) is 9.14. The van der Waals surface area contributed by atoms with Gasteiger partial charge in [0.15, 0.2) is 5.82 Å². The molecule has 1 amide bonds. The summed E-state index contributed by atoms with van der Waals surface area (Å²) < 4.78 is 10.6. The molecular weight excluding hydrogens is 356 g/mol. The Morgan fingerprint density at radius 2 is 2.00 bits per heavy atom. The lowest BCUT2D eigenvalue weighted by Gasteiger charge is -2.29. The summed E-state index contributed by atoms with van der Waals surface area (Å²) >= 11 is 0. The van der Waals surface area contributed by atoms with Gasteiger partial charge in [0.05, 0.1) is 19.7 Å². The van der Waals surface area contributed by atoms with Gasteiger partial charge in [0.25, 0.3) is 0 Å². The maximum absolute atomic E-state index is 12.3. The fourth-order valence-electron chi connectivity index (χ4n) is 4.58. The number of carbonyl (C=O) groups excluding carboxylic acids is 1. The van der Waals surface area contributed by atoms with Crippen molar-refractivity contribution in [2.24, 2.45) is 11.8 Å². The first-order chi connectivity index (χ1) is 13.5. The number of nitrogens with zero attached hydrogens (tertiary/aromatic N) is 4. The molecule has 4 rings (SSSR count). The third-order valence-corrected chi connectivity index (χ3v) is 5.94. The summed E-state index contributed by atoms with van der Waals surface area (Å²) in [7, 11) is 1.67. The Morgan fingerprint density at radius 3 is 2.61 bits per heavy atom. The fourth-order valence-corrected chi connectivity index (χ4v) is 4.58. The predicted octanol–water partition coefficient (Wildman–Crippen LogP) is 2.85. The molecule has 1 aromatic carbocycles. The highest BCUT2D eigenvalue weighted by Gasteiger charge is 2.48. The standard InChI is InChI=1S/C21H28N4O3/c1-13(2)21-22-19(23-28-21)12-24-9-16-10-25(14(3)26)20(18(16)11-24)15-5-7-17(27-4)8-6-15/h5-8,13,16,18,20H,9-12H2,1-4H3/t16-,18-,20+/m1/s1. The normalized spacial score (nSPS) is 24.8. The Balaban J connectivity index is 1.50. The first kappa shape index (κ1) is 18.9. The lowest BCUT2D eigenvalue weighted by Crippen LogP contribution is -2.34. The number of carbonyl (C=O) groups is 1. The van der Waals surface area contributed by atoms with Crippen molar-refractivity contribution in [1.82, 2.24) is 19.9 Å². The van der Waals surface area contributed by atoms with Crippen molar-refractivity contribution in [2.45, 2.75) is 39.3 Å². The molecule has 3 heterocycles. The van der Waals surface area contributed by atoms with Gasteiger partial charge < -0.3 is 14.2 Å². The van der Waals surface area contributed by atoms with Crippen molar-refractivity contribution in [3.8, 4) is 5.75 Å². The molecule has 0 radical (unpaired) electrons. The van der Waals surface area contributed by atoms with Crippen LogP contribution < -0.4 is 4.74 Å². The van der Waals surface area contributed by atoms with Crippen LogP contribution in [-0.4, -0.2) is 52.6 Å². The highest BCUT2D eigenvalue weighted by Crippen LogP contribution is 2.45. The minimum atomic E-state index is 0.106. The van der Waals surface area contributed by atoms with Crippen LogP contribution >= 0.6 is 0 Å². The summed E-state index contributed by atoms with van der Waals surface area (Å²) in [5.74, 6) is 3.52. The molecular formula is C21H28N4O3. The largest absolute Gasteiger partial charge is 0.497 e. The summed E-state index contributed by atoms with van der Waals surface area (Å²) in [5.41, 5.74) is 1.17. The van der Waals surface area contributed by atoms with E-state index < -0.39 is 0 Å². The van der Waals surface area contributed by atoms with Crippen molar-refractivity contribution in [3.63, 3.8) is 0 Å². The van der Waals surface area contributed by atoms with Crippen LogP contribution in [0.25, 0.3) is 0 Å². The highest BCUT2D eigenvalue weighted by atomic mass is 16.5. The number of aromatic nitrogens is 2. The van der Waals surface area contributed by atoms with E-state index in [0.29, 0.717) is 24.3 Å². The fraction of sp³-hybridized carbons (Fsp3) is 0.571. The topological polar surface area (TPSA) is 71.7 Å². The molecule has 150 valence electrons. The zero-order chi connectivity index (χ0) is 19.8. The molecule has 7 nitrogen and oxygen atoms in total. The van der Waals surface area contributed by atoms with Crippen molar-refractivity contribution in [2.75, 3.05) is 26.7 Å². The molecule has 2 aliphatic rings. The molecule has 0 aliphatic carbocycles. The Morgan fingerprint density at radius 1 is 1.25 bits per heavy atom. The van der Waals surface area contributed by atoms with Gasteiger partial charge in [-0.25, -0.2) is 0 Å². The van der Waals surface area contributed by atoms with Crippen molar-refractivity contribution >= 4 is 5.91 Å². The maximum Gasteiger partial charge on any atom is 0.229 e. The third-order valence-electron chi connectivity index (χ3n) is 5.94. The average molecular weight is 384 g/mol. The van der Waals surface area contributed by atoms with Gasteiger partial charge in [-0.3, -0.25) is 9.69 Å². The molecule has 3 atom stereocenters. The minimum absolute atomic E-state index is 0.106. The molecule has 2 aliphatic heterocycles. The van der Waals surface area contributed by atoms with Gasteiger partial charge in [-0.05, 0) is 23.6 Å². The Bertz CT molecular complexity index is 832. The van der Waals surface area contributed by atoms with E-state index in [9.17, 15) is 4.79 Å². The Labute approximate surface area is 165 Å². The minimum Gasteiger partial charge on any atom is -0.497 e. The lowest BCUT2D eigenvalue weighted by atomic mass is 9.89. The van der Waals surface area contributed by atoms with Crippen LogP contribution in [0.15, 0.2) is 28.8 Å². The number of amides is 1. The Hall–Kier alpha value is -2.41. The number of hydrogen-bond donors (Lipinski definition) is 0. The molecule has 2 aromatic rings. The second kappa shape index (κ2) is 7.54. The van der Waals surface area contributed by atoms with Crippen molar-refractivity contribution in [3.05, 3.63) is 41.5 Å². The van der Waals surface area contributed by atoms with Gasteiger partial charge in [0.2, 0.25) is 11.8 Å².